The number of carbonyl (C=O) groups excluding carboxylic acids is 1. The summed E-state index contributed by atoms with van der Waals surface area (Å²) >= 11 is 6.11. The first-order valence-corrected chi connectivity index (χ1v) is 11.4. The van der Waals surface area contributed by atoms with Crippen LogP contribution in [-0.4, -0.2) is 60.0 Å². The fraction of sp³-hybridized carbons (Fsp3) is 0.333. The van der Waals surface area contributed by atoms with Crippen LogP contribution in [0.4, 0.5) is 5.69 Å². The Balaban J connectivity index is 1.54. The van der Waals surface area contributed by atoms with Gasteiger partial charge in [-0.1, -0.05) is 11.6 Å². The number of nitro benzene ring substituents is 1. The fourth-order valence-corrected chi connectivity index (χ4v) is 4.81. The summed E-state index contributed by atoms with van der Waals surface area (Å²) in [7, 11) is 0. The third kappa shape index (κ3) is 4.06. The Hall–Kier alpha value is -3.27. The molecule has 1 unspecified atom stereocenters. The maximum atomic E-state index is 13.5. The molecule has 0 spiro atoms. The van der Waals surface area contributed by atoms with Crippen molar-refractivity contribution in [2.24, 2.45) is 0 Å². The number of rotatable bonds is 6. The van der Waals surface area contributed by atoms with Crippen LogP contribution in [0.25, 0.3) is 11.0 Å². The molecule has 10 heteroatoms. The van der Waals surface area contributed by atoms with Crippen molar-refractivity contribution in [2.45, 2.75) is 12.5 Å². The molecule has 34 heavy (non-hydrogen) atoms. The summed E-state index contributed by atoms with van der Waals surface area (Å²) in [4.78, 5) is 41.5. The van der Waals surface area contributed by atoms with Crippen molar-refractivity contribution in [3.8, 4) is 0 Å². The summed E-state index contributed by atoms with van der Waals surface area (Å²) in [6, 6.07) is 9.94. The largest absolute Gasteiger partial charge is 0.450 e. The lowest BCUT2D eigenvalue weighted by Gasteiger charge is -2.29. The lowest BCUT2D eigenvalue weighted by molar-refractivity contribution is -0.384. The second-order valence-electron chi connectivity index (χ2n) is 8.37. The van der Waals surface area contributed by atoms with Crippen molar-refractivity contribution in [3.05, 3.63) is 84.7 Å². The number of carbonyl (C=O) groups is 1. The Labute approximate surface area is 199 Å². The van der Waals surface area contributed by atoms with Gasteiger partial charge < -0.3 is 14.1 Å². The van der Waals surface area contributed by atoms with Crippen molar-refractivity contribution in [1.82, 2.24) is 9.80 Å². The molecular formula is C24H22ClN3O6. The minimum absolute atomic E-state index is 0.00884. The molecule has 0 aliphatic carbocycles. The highest BCUT2D eigenvalue weighted by Crippen LogP contribution is 2.39. The zero-order chi connectivity index (χ0) is 23.8. The number of non-ortho nitro benzene ring substituents is 1. The fourth-order valence-electron chi connectivity index (χ4n) is 4.64. The number of benzene rings is 2. The molecule has 2 aromatic carbocycles. The number of ether oxygens (including phenoxy) is 1. The Morgan fingerprint density at radius 3 is 2.50 bits per heavy atom. The number of morpholine rings is 1. The van der Waals surface area contributed by atoms with E-state index in [-0.39, 0.29) is 28.3 Å². The molecule has 0 saturated carbocycles. The van der Waals surface area contributed by atoms with Crippen molar-refractivity contribution >= 4 is 34.2 Å². The van der Waals surface area contributed by atoms with Gasteiger partial charge in [-0.25, -0.2) is 0 Å². The number of hydrogen-bond acceptors (Lipinski definition) is 7. The minimum Gasteiger partial charge on any atom is -0.450 e. The van der Waals surface area contributed by atoms with Crippen LogP contribution >= 0.6 is 11.6 Å². The smallest absolute Gasteiger partial charge is 0.290 e. The quantitative estimate of drug-likeness (QED) is 0.389. The number of hydrogen-bond donors (Lipinski definition) is 0. The van der Waals surface area contributed by atoms with Crippen LogP contribution in [0, 0.1) is 10.1 Å². The predicted octanol–water partition coefficient (Wildman–Crippen LogP) is 3.62. The van der Waals surface area contributed by atoms with Gasteiger partial charge in [0.15, 0.2) is 5.43 Å². The summed E-state index contributed by atoms with van der Waals surface area (Å²) < 4.78 is 11.3. The zero-order valence-electron chi connectivity index (χ0n) is 18.2. The molecule has 3 heterocycles. The van der Waals surface area contributed by atoms with Gasteiger partial charge in [0.1, 0.15) is 5.58 Å². The van der Waals surface area contributed by atoms with E-state index in [9.17, 15) is 19.7 Å². The average molecular weight is 484 g/mol. The molecule has 1 saturated heterocycles. The molecule has 1 fully saturated rings. The van der Waals surface area contributed by atoms with Crippen molar-refractivity contribution < 1.29 is 18.9 Å². The lowest BCUT2D eigenvalue weighted by Crippen LogP contribution is -2.38. The summed E-state index contributed by atoms with van der Waals surface area (Å²) in [5.41, 5.74) is 0.743. The average Bonchev–Trinajstić information content (AvgIpc) is 3.12. The third-order valence-electron chi connectivity index (χ3n) is 6.32. The van der Waals surface area contributed by atoms with Gasteiger partial charge in [-0.15, -0.1) is 0 Å². The van der Waals surface area contributed by atoms with Gasteiger partial charge in [0, 0.05) is 43.3 Å². The first-order chi connectivity index (χ1) is 16.4. The molecule has 1 atom stereocenters. The van der Waals surface area contributed by atoms with E-state index in [1.54, 1.807) is 29.2 Å². The number of nitro groups is 1. The summed E-state index contributed by atoms with van der Waals surface area (Å²) in [5, 5.41) is 11.8. The molecule has 1 aromatic heterocycles. The van der Waals surface area contributed by atoms with Crippen molar-refractivity contribution in [3.63, 3.8) is 0 Å². The normalized spacial score (nSPS) is 18.4. The minimum atomic E-state index is -0.701. The van der Waals surface area contributed by atoms with Crippen LogP contribution in [-0.2, 0) is 4.74 Å². The van der Waals surface area contributed by atoms with Crippen LogP contribution in [0.3, 0.4) is 0 Å². The Bertz CT molecular complexity index is 1320. The summed E-state index contributed by atoms with van der Waals surface area (Å²) in [6.45, 7) is 4.24. The maximum absolute atomic E-state index is 13.5. The topological polar surface area (TPSA) is 106 Å². The SMILES string of the molecule is O=C1c2oc3ccc(Cl)cc3c(=O)c2C(c2ccc([N+](=O)[O-])cc2)N1CCCN1CCOCC1. The summed E-state index contributed by atoms with van der Waals surface area (Å²) in [5.74, 6) is -0.358. The third-order valence-corrected chi connectivity index (χ3v) is 6.56. The standard InChI is InChI=1S/C24H22ClN3O6/c25-16-4-7-19-18(14-16)22(29)20-21(15-2-5-17(6-3-15)28(31)32)27(24(30)23(20)34-19)9-1-8-26-10-12-33-13-11-26/h2-7,14,21H,1,8-13H2. The van der Waals surface area contributed by atoms with Gasteiger partial charge in [0.05, 0.1) is 35.1 Å². The predicted molar refractivity (Wildman–Crippen MR) is 125 cm³/mol. The van der Waals surface area contributed by atoms with E-state index in [4.69, 9.17) is 20.8 Å². The van der Waals surface area contributed by atoms with E-state index < -0.39 is 11.0 Å². The van der Waals surface area contributed by atoms with Gasteiger partial charge >= 0.3 is 0 Å². The van der Waals surface area contributed by atoms with Crippen molar-refractivity contribution in [1.29, 1.82) is 0 Å². The first kappa shape index (κ1) is 22.5. The molecule has 0 bridgehead atoms. The zero-order valence-corrected chi connectivity index (χ0v) is 19.0. The molecule has 2 aliphatic rings. The highest BCUT2D eigenvalue weighted by Gasteiger charge is 2.42. The number of halogens is 1. The van der Waals surface area contributed by atoms with Gasteiger partial charge in [-0.05, 0) is 42.3 Å². The van der Waals surface area contributed by atoms with Gasteiger partial charge in [0.25, 0.3) is 11.6 Å². The first-order valence-electron chi connectivity index (χ1n) is 11.1. The maximum Gasteiger partial charge on any atom is 0.290 e. The monoisotopic (exact) mass is 483 g/mol. The van der Waals surface area contributed by atoms with Crippen LogP contribution < -0.4 is 5.43 Å². The Morgan fingerprint density at radius 2 is 1.79 bits per heavy atom. The van der Waals surface area contributed by atoms with Crippen LogP contribution in [0.5, 0.6) is 0 Å². The van der Waals surface area contributed by atoms with E-state index in [0.29, 0.717) is 47.7 Å². The molecule has 3 aromatic rings. The number of amides is 1. The van der Waals surface area contributed by atoms with E-state index in [1.165, 1.54) is 18.2 Å². The molecule has 1 amide bonds. The molecule has 0 radical (unpaired) electrons. The van der Waals surface area contributed by atoms with E-state index in [1.807, 2.05) is 0 Å². The van der Waals surface area contributed by atoms with Crippen LogP contribution in [0.1, 0.15) is 34.1 Å². The second kappa shape index (κ2) is 9.17. The van der Waals surface area contributed by atoms with Gasteiger partial charge in [0.2, 0.25) is 5.76 Å². The van der Waals surface area contributed by atoms with E-state index in [2.05, 4.69) is 4.90 Å². The highest BCUT2D eigenvalue weighted by molar-refractivity contribution is 6.31. The van der Waals surface area contributed by atoms with Crippen LogP contribution in [0.15, 0.2) is 51.7 Å². The number of nitrogens with zero attached hydrogens (tertiary/aromatic N) is 3. The lowest BCUT2D eigenvalue weighted by atomic mass is 9.98. The highest BCUT2D eigenvalue weighted by atomic mass is 35.5. The molecule has 176 valence electrons. The molecule has 0 N–H and O–H groups in total. The Kier molecular flexibility index (Phi) is 6.07. The number of fused-ring (bicyclic) bond motifs is 2. The van der Waals surface area contributed by atoms with Crippen LogP contribution in [0.2, 0.25) is 5.02 Å². The molecular weight excluding hydrogens is 462 g/mol. The van der Waals surface area contributed by atoms with E-state index in [0.717, 1.165) is 19.6 Å². The van der Waals surface area contributed by atoms with Gasteiger partial charge in [-0.2, -0.15) is 0 Å². The Morgan fingerprint density at radius 1 is 1.06 bits per heavy atom. The van der Waals surface area contributed by atoms with E-state index >= 15 is 0 Å². The van der Waals surface area contributed by atoms with Crippen molar-refractivity contribution in [2.75, 3.05) is 39.4 Å². The van der Waals surface area contributed by atoms with Gasteiger partial charge in [-0.3, -0.25) is 24.6 Å². The summed E-state index contributed by atoms with van der Waals surface area (Å²) in [6.07, 6.45) is 0.697. The molecule has 5 rings (SSSR count). The molecule has 2 aliphatic heterocycles. The molecule has 9 nitrogen and oxygen atoms in total. The second-order valence-corrected chi connectivity index (χ2v) is 8.81.